The Kier molecular flexibility index (Phi) is 2.86. The average Bonchev–Trinajstić information content (AvgIpc) is 2.80. The quantitative estimate of drug-likeness (QED) is 0.779. The van der Waals surface area contributed by atoms with E-state index in [0.29, 0.717) is 11.4 Å². The van der Waals surface area contributed by atoms with E-state index in [1.54, 1.807) is 0 Å². The lowest BCUT2D eigenvalue weighted by atomic mass is 10.2. The number of nitrogens with one attached hydrogen (secondary N) is 2. The summed E-state index contributed by atoms with van der Waals surface area (Å²) >= 11 is 0. The van der Waals surface area contributed by atoms with Crippen LogP contribution in [0.3, 0.4) is 0 Å². The smallest absolute Gasteiger partial charge is 0.251 e. The molecule has 1 amide bonds. The van der Waals surface area contributed by atoms with Crippen LogP contribution in [-0.4, -0.2) is 26.5 Å². The number of aromatic amines is 1. The minimum absolute atomic E-state index is 0.173. The third-order valence-corrected chi connectivity index (χ3v) is 1.90. The van der Waals surface area contributed by atoms with Gasteiger partial charge in [-0.05, 0) is 24.3 Å². The van der Waals surface area contributed by atoms with Crippen LogP contribution in [0.25, 0.3) is 0 Å². The summed E-state index contributed by atoms with van der Waals surface area (Å²) in [5, 5.41) is 15.5. The van der Waals surface area contributed by atoms with Gasteiger partial charge >= 0.3 is 0 Å². The van der Waals surface area contributed by atoms with Crippen molar-refractivity contribution in [3.05, 3.63) is 41.5 Å². The van der Waals surface area contributed by atoms with Crippen LogP contribution in [0.1, 0.15) is 16.2 Å². The second-order valence-electron chi connectivity index (χ2n) is 3.02. The number of rotatable bonds is 3. The van der Waals surface area contributed by atoms with Crippen LogP contribution in [0, 0.1) is 5.82 Å². The highest BCUT2D eigenvalue weighted by Crippen LogP contribution is 2.02. The van der Waals surface area contributed by atoms with E-state index in [1.165, 1.54) is 24.3 Å². The third kappa shape index (κ3) is 2.38. The lowest BCUT2D eigenvalue weighted by Crippen LogP contribution is -2.23. The fraction of sp³-hybridized carbons (Fsp3) is 0.111. The molecule has 0 spiro atoms. The van der Waals surface area contributed by atoms with Gasteiger partial charge in [0.15, 0.2) is 5.82 Å². The lowest BCUT2D eigenvalue weighted by Gasteiger charge is -2.01. The second kappa shape index (κ2) is 4.47. The number of hydrogen-bond acceptors (Lipinski definition) is 4. The summed E-state index contributed by atoms with van der Waals surface area (Å²) in [6.07, 6.45) is 0. The maximum atomic E-state index is 12.6. The number of aromatic nitrogens is 4. The maximum Gasteiger partial charge on any atom is 0.251 e. The van der Waals surface area contributed by atoms with E-state index in [0.717, 1.165) is 0 Å². The lowest BCUT2D eigenvalue weighted by molar-refractivity contribution is 0.0950. The second-order valence-corrected chi connectivity index (χ2v) is 3.02. The summed E-state index contributed by atoms with van der Waals surface area (Å²) in [5.41, 5.74) is 0.380. The highest BCUT2D eigenvalue weighted by molar-refractivity contribution is 5.93. The van der Waals surface area contributed by atoms with Gasteiger partial charge in [0.2, 0.25) is 0 Å². The summed E-state index contributed by atoms with van der Waals surface area (Å²) in [4.78, 5) is 11.5. The van der Waals surface area contributed by atoms with Gasteiger partial charge < -0.3 is 5.32 Å². The first-order valence-electron chi connectivity index (χ1n) is 4.52. The van der Waals surface area contributed by atoms with Crippen molar-refractivity contribution in [3.8, 4) is 0 Å². The summed E-state index contributed by atoms with van der Waals surface area (Å²) in [6.45, 7) is 0.173. The van der Waals surface area contributed by atoms with Crippen molar-refractivity contribution in [1.82, 2.24) is 25.9 Å². The number of hydrogen-bond donors (Lipinski definition) is 2. The molecule has 0 aliphatic carbocycles. The molecule has 0 unspecified atom stereocenters. The molecule has 7 heteroatoms. The molecular formula is C9H8FN5O. The molecule has 82 valence electrons. The van der Waals surface area contributed by atoms with Gasteiger partial charge in [0.05, 0.1) is 6.54 Å². The van der Waals surface area contributed by atoms with Crippen molar-refractivity contribution in [2.45, 2.75) is 6.54 Å². The van der Waals surface area contributed by atoms with Crippen LogP contribution < -0.4 is 5.32 Å². The van der Waals surface area contributed by atoms with Crippen molar-refractivity contribution >= 4 is 5.91 Å². The predicted octanol–water partition coefficient (Wildman–Crippen LogP) is 0.269. The number of carbonyl (C=O) groups excluding carboxylic acids is 1. The first-order valence-corrected chi connectivity index (χ1v) is 4.52. The van der Waals surface area contributed by atoms with E-state index >= 15 is 0 Å². The zero-order valence-corrected chi connectivity index (χ0v) is 8.14. The summed E-state index contributed by atoms with van der Waals surface area (Å²) in [6, 6.07) is 5.26. The SMILES string of the molecule is O=C(NCc1nn[nH]n1)c1ccc(F)cc1. The van der Waals surface area contributed by atoms with Crippen molar-refractivity contribution in [1.29, 1.82) is 0 Å². The molecule has 0 saturated heterocycles. The molecule has 0 radical (unpaired) electrons. The topological polar surface area (TPSA) is 83.6 Å². The van der Waals surface area contributed by atoms with Gasteiger partial charge in [-0.2, -0.15) is 5.21 Å². The fourth-order valence-electron chi connectivity index (χ4n) is 1.12. The first kappa shape index (κ1) is 10.2. The standard InChI is InChI=1S/C9H8FN5O/c10-7-3-1-6(2-4-7)9(16)11-5-8-12-14-15-13-8/h1-4H,5H2,(H,11,16)(H,12,13,14,15). The number of tetrazole rings is 1. The molecule has 6 nitrogen and oxygen atoms in total. The van der Waals surface area contributed by atoms with Gasteiger partial charge in [-0.1, -0.05) is 5.21 Å². The minimum Gasteiger partial charge on any atom is -0.345 e. The maximum absolute atomic E-state index is 12.6. The summed E-state index contributed by atoms with van der Waals surface area (Å²) in [5.74, 6) is -0.310. The average molecular weight is 221 g/mol. The Morgan fingerprint density at radius 2 is 2.12 bits per heavy atom. The number of H-pyrrole nitrogens is 1. The highest BCUT2D eigenvalue weighted by atomic mass is 19.1. The van der Waals surface area contributed by atoms with Crippen molar-refractivity contribution in [3.63, 3.8) is 0 Å². The molecular weight excluding hydrogens is 213 g/mol. The van der Waals surface area contributed by atoms with Crippen LogP contribution >= 0.6 is 0 Å². The van der Waals surface area contributed by atoms with Gasteiger partial charge in [0.25, 0.3) is 5.91 Å². The Hall–Kier alpha value is -2.31. The highest BCUT2D eigenvalue weighted by Gasteiger charge is 2.06. The number of amides is 1. The number of nitrogens with zero attached hydrogens (tertiary/aromatic N) is 3. The number of halogens is 1. The molecule has 16 heavy (non-hydrogen) atoms. The van der Waals surface area contributed by atoms with Crippen molar-refractivity contribution in [2.24, 2.45) is 0 Å². The molecule has 1 aromatic heterocycles. The van der Waals surface area contributed by atoms with Gasteiger partial charge in [0, 0.05) is 5.56 Å². The van der Waals surface area contributed by atoms with Crippen LogP contribution in [-0.2, 0) is 6.54 Å². The molecule has 1 aromatic carbocycles. The fourth-order valence-corrected chi connectivity index (χ4v) is 1.12. The Bertz CT molecular complexity index is 467. The van der Waals surface area contributed by atoms with Crippen LogP contribution in [0.4, 0.5) is 4.39 Å². The molecule has 2 aromatic rings. The van der Waals surface area contributed by atoms with Crippen molar-refractivity contribution < 1.29 is 9.18 Å². The predicted molar refractivity (Wildman–Crippen MR) is 51.7 cm³/mol. The largest absolute Gasteiger partial charge is 0.345 e. The van der Waals surface area contributed by atoms with Gasteiger partial charge in [-0.3, -0.25) is 4.79 Å². The Balaban J connectivity index is 1.95. The van der Waals surface area contributed by atoms with Crippen LogP contribution in [0.2, 0.25) is 0 Å². The molecule has 1 heterocycles. The van der Waals surface area contributed by atoms with E-state index in [4.69, 9.17) is 0 Å². The molecule has 0 aliphatic heterocycles. The van der Waals surface area contributed by atoms with E-state index < -0.39 is 0 Å². The van der Waals surface area contributed by atoms with Gasteiger partial charge in [0.1, 0.15) is 5.82 Å². The molecule has 0 saturated carbocycles. The van der Waals surface area contributed by atoms with Crippen LogP contribution in [0.5, 0.6) is 0 Å². The summed E-state index contributed by atoms with van der Waals surface area (Å²) in [7, 11) is 0. The minimum atomic E-state index is -0.380. The van der Waals surface area contributed by atoms with Gasteiger partial charge in [-0.25, -0.2) is 4.39 Å². The first-order chi connectivity index (χ1) is 7.75. The van der Waals surface area contributed by atoms with E-state index in [-0.39, 0.29) is 18.3 Å². The normalized spacial score (nSPS) is 10.1. The van der Waals surface area contributed by atoms with Crippen molar-refractivity contribution in [2.75, 3.05) is 0 Å². The molecule has 0 fully saturated rings. The van der Waals surface area contributed by atoms with E-state index in [2.05, 4.69) is 25.9 Å². The number of carbonyl (C=O) groups is 1. The van der Waals surface area contributed by atoms with Crippen LogP contribution in [0.15, 0.2) is 24.3 Å². The Morgan fingerprint density at radius 1 is 1.38 bits per heavy atom. The third-order valence-electron chi connectivity index (χ3n) is 1.90. The zero-order valence-electron chi connectivity index (χ0n) is 8.14. The zero-order chi connectivity index (χ0) is 11.4. The monoisotopic (exact) mass is 221 g/mol. The Labute approximate surface area is 89.9 Å². The Morgan fingerprint density at radius 3 is 2.75 bits per heavy atom. The molecule has 2 rings (SSSR count). The molecule has 2 N–H and O–H groups in total. The molecule has 0 aliphatic rings. The number of benzene rings is 1. The summed E-state index contributed by atoms with van der Waals surface area (Å²) < 4.78 is 12.6. The van der Waals surface area contributed by atoms with Gasteiger partial charge in [-0.15, -0.1) is 10.2 Å². The van der Waals surface area contributed by atoms with E-state index in [1.807, 2.05) is 0 Å². The van der Waals surface area contributed by atoms with E-state index in [9.17, 15) is 9.18 Å². The molecule has 0 atom stereocenters. The molecule has 0 bridgehead atoms.